The van der Waals surface area contributed by atoms with E-state index >= 15 is 0 Å². The van der Waals surface area contributed by atoms with Crippen molar-refractivity contribution in [3.05, 3.63) is 66.0 Å². The van der Waals surface area contributed by atoms with Crippen LogP contribution >= 0.6 is 0 Å². The number of para-hydroxylation sites is 1. The predicted molar refractivity (Wildman–Crippen MR) is 81.0 cm³/mol. The van der Waals surface area contributed by atoms with Gasteiger partial charge in [0.1, 0.15) is 23.7 Å². The molecular formula is C17H20O4. The van der Waals surface area contributed by atoms with Crippen LogP contribution in [0.1, 0.15) is 11.5 Å². The first-order valence-electron chi connectivity index (χ1n) is 6.71. The fraction of sp³-hybridized carbons (Fsp3) is 0.294. The molecule has 0 spiro atoms. The van der Waals surface area contributed by atoms with Gasteiger partial charge >= 0.3 is 0 Å². The number of hydrogen-bond acceptors (Lipinski definition) is 4. The summed E-state index contributed by atoms with van der Waals surface area (Å²) in [5, 5.41) is 20.1. The van der Waals surface area contributed by atoms with Crippen LogP contribution in [0.15, 0.2) is 60.4 Å². The summed E-state index contributed by atoms with van der Waals surface area (Å²) < 4.78 is 10.6. The lowest BCUT2D eigenvalue weighted by atomic mass is 9.83. The Morgan fingerprint density at radius 3 is 2.52 bits per heavy atom. The Labute approximate surface area is 124 Å². The molecule has 0 radical (unpaired) electrons. The van der Waals surface area contributed by atoms with Crippen LogP contribution in [0, 0.1) is 0 Å². The lowest BCUT2D eigenvalue weighted by Gasteiger charge is -2.29. The third-order valence-electron chi connectivity index (χ3n) is 3.64. The Morgan fingerprint density at radius 2 is 1.95 bits per heavy atom. The summed E-state index contributed by atoms with van der Waals surface area (Å²) in [5.74, 6) is 0.389. The van der Waals surface area contributed by atoms with Gasteiger partial charge in [-0.2, -0.15) is 0 Å². The summed E-state index contributed by atoms with van der Waals surface area (Å²) in [4.78, 5) is 0. The molecule has 4 heteroatoms. The Hall–Kier alpha value is -2.04. The molecule has 112 valence electrons. The molecule has 1 aromatic carbocycles. The molecule has 3 atom stereocenters. The van der Waals surface area contributed by atoms with Crippen molar-refractivity contribution in [2.24, 2.45) is 0 Å². The second-order valence-electron chi connectivity index (χ2n) is 4.81. The topological polar surface area (TPSA) is 58.9 Å². The van der Waals surface area contributed by atoms with Gasteiger partial charge in [-0.25, -0.2) is 0 Å². The number of aliphatic hydroxyl groups is 1. The van der Waals surface area contributed by atoms with E-state index in [-0.39, 0.29) is 17.8 Å². The quantitative estimate of drug-likeness (QED) is 0.817. The molecule has 0 unspecified atom stereocenters. The molecule has 4 nitrogen and oxygen atoms in total. The van der Waals surface area contributed by atoms with Crippen LogP contribution in [0.5, 0.6) is 5.75 Å². The lowest BCUT2D eigenvalue weighted by Crippen LogP contribution is -2.26. The van der Waals surface area contributed by atoms with Gasteiger partial charge in [0.05, 0.1) is 7.11 Å². The molecule has 0 saturated carbocycles. The average Bonchev–Trinajstić information content (AvgIpc) is 2.50. The highest BCUT2D eigenvalue weighted by Crippen LogP contribution is 2.37. The Bertz CT molecular complexity index is 574. The smallest absolute Gasteiger partial charge is 0.129 e. The van der Waals surface area contributed by atoms with Gasteiger partial charge in [-0.3, -0.25) is 0 Å². The number of allylic oxidation sites excluding steroid dienone is 1. The third kappa shape index (κ3) is 3.01. The summed E-state index contributed by atoms with van der Waals surface area (Å²) in [7, 11) is 3.10. The first-order chi connectivity index (χ1) is 10.1. The van der Waals surface area contributed by atoms with E-state index in [1.807, 2.05) is 12.1 Å². The van der Waals surface area contributed by atoms with Crippen LogP contribution in [-0.2, 0) is 9.47 Å². The lowest BCUT2D eigenvalue weighted by molar-refractivity contribution is 0.122. The molecular weight excluding hydrogens is 268 g/mol. The minimum atomic E-state index is -0.829. The summed E-state index contributed by atoms with van der Waals surface area (Å²) in [6, 6.07) is 7.07. The van der Waals surface area contributed by atoms with Gasteiger partial charge in [0.25, 0.3) is 0 Å². The van der Waals surface area contributed by atoms with Crippen LogP contribution < -0.4 is 0 Å². The monoisotopic (exact) mass is 288 g/mol. The van der Waals surface area contributed by atoms with Crippen LogP contribution in [0.2, 0.25) is 0 Å². The molecule has 0 saturated heterocycles. The standard InChI is InChI=1S/C17H20O4/c1-4-11(12-7-5-6-8-14(12)18)13-9-15(19)17(21-3)10-16(13)20-2/h4-11,15-16,18-19H,1H2,2-3H3/t11-,15-,16+/m1/s1. The van der Waals surface area contributed by atoms with Gasteiger partial charge in [0, 0.05) is 18.6 Å². The molecule has 21 heavy (non-hydrogen) atoms. The fourth-order valence-electron chi connectivity index (χ4n) is 2.57. The number of methoxy groups -OCH3 is 2. The van der Waals surface area contributed by atoms with E-state index in [0.29, 0.717) is 5.76 Å². The van der Waals surface area contributed by atoms with Crippen molar-refractivity contribution < 1.29 is 19.7 Å². The van der Waals surface area contributed by atoms with Gasteiger partial charge in [-0.15, -0.1) is 6.58 Å². The number of benzene rings is 1. The molecule has 1 aliphatic carbocycles. The minimum absolute atomic E-state index is 0.189. The zero-order valence-corrected chi connectivity index (χ0v) is 12.2. The molecule has 0 fully saturated rings. The highest BCUT2D eigenvalue weighted by atomic mass is 16.5. The summed E-state index contributed by atoms with van der Waals surface area (Å²) in [5.41, 5.74) is 1.55. The molecule has 1 aromatic rings. The number of phenols is 1. The van der Waals surface area contributed by atoms with E-state index in [0.717, 1.165) is 11.1 Å². The second-order valence-corrected chi connectivity index (χ2v) is 4.81. The molecule has 0 amide bonds. The normalized spacial score (nSPS) is 23.0. The summed E-state index contributed by atoms with van der Waals surface area (Å²) in [6.07, 6.45) is 3.98. The van der Waals surface area contributed by atoms with Crippen molar-refractivity contribution in [3.8, 4) is 5.75 Å². The molecule has 0 aromatic heterocycles. The van der Waals surface area contributed by atoms with Crippen molar-refractivity contribution >= 4 is 0 Å². The molecule has 0 bridgehead atoms. The van der Waals surface area contributed by atoms with Crippen LogP contribution in [-0.4, -0.2) is 36.6 Å². The SMILES string of the molecule is C=C[C@@H](C1=C[C@@H](O)C(OC)=C[C@@H]1OC)c1ccccc1O. The van der Waals surface area contributed by atoms with Gasteiger partial charge < -0.3 is 19.7 Å². The number of aliphatic hydroxyl groups excluding tert-OH is 1. The van der Waals surface area contributed by atoms with Crippen molar-refractivity contribution in [1.29, 1.82) is 0 Å². The number of aromatic hydroxyl groups is 1. The van der Waals surface area contributed by atoms with Gasteiger partial charge in [-0.05, 0) is 23.8 Å². The Kier molecular flexibility index (Phi) is 4.83. The van der Waals surface area contributed by atoms with E-state index in [1.165, 1.54) is 7.11 Å². The largest absolute Gasteiger partial charge is 0.508 e. The van der Waals surface area contributed by atoms with Crippen molar-refractivity contribution in [2.45, 2.75) is 18.1 Å². The highest BCUT2D eigenvalue weighted by Gasteiger charge is 2.29. The Morgan fingerprint density at radius 1 is 1.24 bits per heavy atom. The molecule has 0 heterocycles. The highest BCUT2D eigenvalue weighted by molar-refractivity contribution is 5.46. The first kappa shape index (κ1) is 15.4. The molecule has 1 aliphatic rings. The first-order valence-corrected chi connectivity index (χ1v) is 6.71. The molecule has 2 N–H and O–H groups in total. The van der Waals surface area contributed by atoms with E-state index in [1.54, 1.807) is 37.5 Å². The van der Waals surface area contributed by atoms with Crippen molar-refractivity contribution in [3.63, 3.8) is 0 Å². The zero-order chi connectivity index (χ0) is 15.4. The average molecular weight is 288 g/mol. The van der Waals surface area contributed by atoms with Crippen LogP contribution in [0.4, 0.5) is 0 Å². The fourth-order valence-corrected chi connectivity index (χ4v) is 2.57. The Balaban J connectivity index is 2.42. The number of ether oxygens (including phenoxy) is 2. The zero-order valence-electron chi connectivity index (χ0n) is 12.2. The minimum Gasteiger partial charge on any atom is -0.508 e. The van der Waals surface area contributed by atoms with Crippen molar-refractivity contribution in [2.75, 3.05) is 14.2 Å². The number of hydrogen-bond donors (Lipinski definition) is 2. The third-order valence-corrected chi connectivity index (χ3v) is 3.64. The van der Waals surface area contributed by atoms with Crippen molar-refractivity contribution in [1.82, 2.24) is 0 Å². The van der Waals surface area contributed by atoms with E-state index < -0.39 is 6.10 Å². The maximum absolute atomic E-state index is 10.1. The number of rotatable bonds is 5. The summed E-state index contributed by atoms with van der Waals surface area (Å²) in [6.45, 7) is 3.85. The number of phenolic OH excluding ortho intramolecular Hbond substituents is 1. The summed E-state index contributed by atoms with van der Waals surface area (Å²) >= 11 is 0. The predicted octanol–water partition coefficient (Wildman–Crippen LogP) is 2.51. The van der Waals surface area contributed by atoms with Crippen LogP contribution in [0.3, 0.4) is 0 Å². The molecule has 0 aliphatic heterocycles. The maximum atomic E-state index is 10.1. The van der Waals surface area contributed by atoms with E-state index in [9.17, 15) is 10.2 Å². The van der Waals surface area contributed by atoms with E-state index in [2.05, 4.69) is 6.58 Å². The maximum Gasteiger partial charge on any atom is 0.129 e. The van der Waals surface area contributed by atoms with Gasteiger partial charge in [0.2, 0.25) is 0 Å². The van der Waals surface area contributed by atoms with E-state index in [4.69, 9.17) is 9.47 Å². The van der Waals surface area contributed by atoms with Gasteiger partial charge in [0.15, 0.2) is 0 Å². The molecule has 2 rings (SSSR count). The van der Waals surface area contributed by atoms with Gasteiger partial charge in [-0.1, -0.05) is 24.3 Å². The second kappa shape index (κ2) is 6.61. The van der Waals surface area contributed by atoms with Crippen LogP contribution in [0.25, 0.3) is 0 Å².